The highest BCUT2D eigenvalue weighted by Crippen LogP contribution is 2.38. The van der Waals surface area contributed by atoms with Gasteiger partial charge in [-0.3, -0.25) is 0 Å². The Balaban J connectivity index is 2.37. The van der Waals surface area contributed by atoms with Crippen LogP contribution in [0, 0.1) is 19.3 Å². The lowest BCUT2D eigenvalue weighted by Gasteiger charge is -2.28. The Morgan fingerprint density at radius 2 is 1.95 bits per heavy atom. The molecule has 0 aliphatic heterocycles. The molecule has 0 saturated heterocycles. The minimum absolute atomic E-state index is 0.00589. The van der Waals surface area contributed by atoms with Crippen molar-refractivity contribution in [2.75, 3.05) is 5.73 Å². The van der Waals surface area contributed by atoms with E-state index in [1.807, 2.05) is 6.92 Å². The molecule has 1 fully saturated rings. The number of anilines is 1. The molecule has 1 aliphatic rings. The molecule has 5 heteroatoms. The fourth-order valence-electron chi connectivity index (χ4n) is 2.93. The maximum Gasteiger partial charge on any atom is 0.241 e. The van der Waals surface area contributed by atoms with Gasteiger partial charge in [0, 0.05) is 11.7 Å². The van der Waals surface area contributed by atoms with E-state index in [1.54, 1.807) is 19.1 Å². The number of nitrogen functional groups attached to an aromatic ring is 1. The molecule has 20 heavy (non-hydrogen) atoms. The topological polar surface area (TPSA) is 72.2 Å². The Morgan fingerprint density at radius 3 is 2.50 bits per heavy atom. The molecule has 1 aromatic rings. The van der Waals surface area contributed by atoms with Gasteiger partial charge < -0.3 is 5.73 Å². The molecule has 1 saturated carbocycles. The molecule has 0 bridgehead atoms. The zero-order valence-corrected chi connectivity index (χ0v) is 13.5. The number of nitrogens with two attached hydrogens (primary N) is 1. The number of hydrogen-bond donors (Lipinski definition) is 2. The first-order valence-corrected chi connectivity index (χ1v) is 8.51. The monoisotopic (exact) mass is 296 g/mol. The number of nitrogens with one attached hydrogen (secondary N) is 1. The maximum atomic E-state index is 12.6. The molecule has 1 unspecified atom stereocenters. The van der Waals surface area contributed by atoms with Gasteiger partial charge in [-0.25, -0.2) is 13.1 Å². The fourth-order valence-corrected chi connectivity index (χ4v) is 4.73. The van der Waals surface area contributed by atoms with Crippen molar-refractivity contribution in [1.82, 2.24) is 4.72 Å². The molecule has 1 atom stereocenters. The third-order valence-corrected chi connectivity index (χ3v) is 5.99. The Hall–Kier alpha value is -1.07. The summed E-state index contributed by atoms with van der Waals surface area (Å²) in [6.45, 7) is 7.84. The van der Waals surface area contributed by atoms with Crippen LogP contribution < -0.4 is 10.5 Å². The van der Waals surface area contributed by atoms with Gasteiger partial charge in [0.25, 0.3) is 0 Å². The quantitative estimate of drug-likeness (QED) is 0.842. The van der Waals surface area contributed by atoms with E-state index in [-0.39, 0.29) is 11.5 Å². The first kappa shape index (κ1) is 15.3. The Labute approximate surface area is 121 Å². The van der Waals surface area contributed by atoms with Crippen molar-refractivity contribution in [3.05, 3.63) is 23.3 Å². The molecular weight excluding hydrogens is 272 g/mol. The molecule has 0 heterocycles. The summed E-state index contributed by atoms with van der Waals surface area (Å²) in [4.78, 5) is 0.303. The summed E-state index contributed by atoms with van der Waals surface area (Å²) in [6, 6.07) is 3.48. The summed E-state index contributed by atoms with van der Waals surface area (Å²) in [7, 11) is -3.52. The number of benzene rings is 1. The molecule has 2 rings (SSSR count). The van der Waals surface area contributed by atoms with Crippen LogP contribution >= 0.6 is 0 Å². The SMILES string of the molecule is Cc1cc(N)c(C)c(S(=O)(=O)NC2CCCC2(C)C)c1. The van der Waals surface area contributed by atoms with Crippen molar-refractivity contribution in [2.45, 2.75) is 57.9 Å². The van der Waals surface area contributed by atoms with E-state index in [0.29, 0.717) is 16.1 Å². The smallest absolute Gasteiger partial charge is 0.241 e. The second kappa shape index (κ2) is 5.04. The largest absolute Gasteiger partial charge is 0.398 e. The number of rotatable bonds is 3. The minimum Gasteiger partial charge on any atom is -0.398 e. The zero-order chi connectivity index (χ0) is 15.1. The van der Waals surface area contributed by atoms with Gasteiger partial charge in [0.05, 0.1) is 4.90 Å². The van der Waals surface area contributed by atoms with E-state index in [9.17, 15) is 8.42 Å². The third-order valence-electron chi connectivity index (χ3n) is 4.39. The number of hydrogen-bond acceptors (Lipinski definition) is 3. The van der Waals surface area contributed by atoms with Crippen LogP contribution in [0.15, 0.2) is 17.0 Å². The Bertz CT molecular complexity index is 621. The molecule has 3 N–H and O–H groups in total. The van der Waals surface area contributed by atoms with Gasteiger partial charge in [-0.05, 0) is 55.4 Å². The second-order valence-corrected chi connectivity index (χ2v) is 8.21. The van der Waals surface area contributed by atoms with E-state index >= 15 is 0 Å². The lowest BCUT2D eigenvalue weighted by Crippen LogP contribution is -2.41. The Morgan fingerprint density at radius 1 is 1.30 bits per heavy atom. The Kier molecular flexibility index (Phi) is 3.86. The summed E-state index contributed by atoms with van der Waals surface area (Å²) >= 11 is 0. The molecule has 0 amide bonds. The van der Waals surface area contributed by atoms with Crippen LogP contribution in [0.3, 0.4) is 0 Å². The van der Waals surface area contributed by atoms with Crippen LogP contribution in [0.2, 0.25) is 0 Å². The van der Waals surface area contributed by atoms with Crippen molar-refractivity contribution in [3.63, 3.8) is 0 Å². The predicted molar refractivity (Wildman–Crippen MR) is 82.1 cm³/mol. The van der Waals surface area contributed by atoms with Crippen molar-refractivity contribution in [1.29, 1.82) is 0 Å². The first-order valence-electron chi connectivity index (χ1n) is 7.02. The van der Waals surface area contributed by atoms with Crippen molar-refractivity contribution in [2.24, 2.45) is 5.41 Å². The highest BCUT2D eigenvalue weighted by atomic mass is 32.2. The summed E-state index contributed by atoms with van der Waals surface area (Å²) in [5.74, 6) is 0. The zero-order valence-electron chi connectivity index (χ0n) is 12.7. The van der Waals surface area contributed by atoms with Gasteiger partial charge in [-0.1, -0.05) is 20.3 Å². The van der Waals surface area contributed by atoms with Gasteiger partial charge in [0.15, 0.2) is 0 Å². The van der Waals surface area contributed by atoms with E-state index in [1.165, 1.54) is 0 Å². The fraction of sp³-hybridized carbons (Fsp3) is 0.600. The molecule has 112 valence electrons. The lowest BCUT2D eigenvalue weighted by molar-refractivity contribution is 0.313. The van der Waals surface area contributed by atoms with Crippen LogP contribution in [-0.4, -0.2) is 14.5 Å². The molecule has 0 aromatic heterocycles. The van der Waals surface area contributed by atoms with Gasteiger partial charge >= 0.3 is 0 Å². The van der Waals surface area contributed by atoms with Crippen molar-refractivity contribution in [3.8, 4) is 0 Å². The molecule has 0 radical (unpaired) electrons. The molecule has 1 aliphatic carbocycles. The summed E-state index contributed by atoms with van der Waals surface area (Å²) in [5, 5.41) is 0. The minimum atomic E-state index is -3.52. The first-order chi connectivity index (χ1) is 9.13. The summed E-state index contributed by atoms with van der Waals surface area (Å²) < 4.78 is 28.1. The molecule has 4 nitrogen and oxygen atoms in total. The van der Waals surface area contributed by atoms with Gasteiger partial charge in [0.2, 0.25) is 10.0 Å². The van der Waals surface area contributed by atoms with Gasteiger partial charge in [-0.15, -0.1) is 0 Å². The summed E-state index contributed by atoms with van der Waals surface area (Å²) in [5.41, 5.74) is 7.91. The van der Waals surface area contributed by atoms with Crippen molar-refractivity contribution >= 4 is 15.7 Å². The highest BCUT2D eigenvalue weighted by Gasteiger charge is 2.37. The average Bonchev–Trinajstić information content (AvgIpc) is 2.62. The van der Waals surface area contributed by atoms with E-state index in [4.69, 9.17) is 5.73 Å². The molecule has 0 spiro atoms. The van der Waals surface area contributed by atoms with Crippen molar-refractivity contribution < 1.29 is 8.42 Å². The molecular formula is C15H24N2O2S. The van der Waals surface area contributed by atoms with Crippen LogP contribution in [0.5, 0.6) is 0 Å². The normalized spacial score (nSPS) is 22.1. The second-order valence-electron chi connectivity index (χ2n) is 6.53. The number of sulfonamides is 1. The standard InChI is InChI=1S/C15H24N2O2S/c1-10-8-12(16)11(2)13(9-10)20(18,19)17-14-6-5-7-15(14,3)4/h8-9,14,17H,5-7,16H2,1-4H3. The van der Waals surface area contributed by atoms with Gasteiger partial charge in [0.1, 0.15) is 0 Å². The molecule has 1 aromatic carbocycles. The van der Waals surface area contributed by atoms with Crippen LogP contribution in [0.1, 0.15) is 44.2 Å². The number of aryl methyl sites for hydroxylation is 1. The van der Waals surface area contributed by atoms with E-state index < -0.39 is 10.0 Å². The lowest BCUT2D eigenvalue weighted by atomic mass is 9.88. The van der Waals surface area contributed by atoms with E-state index in [2.05, 4.69) is 18.6 Å². The average molecular weight is 296 g/mol. The highest BCUT2D eigenvalue weighted by molar-refractivity contribution is 7.89. The predicted octanol–water partition coefficient (Wildman–Crippen LogP) is 2.74. The van der Waals surface area contributed by atoms with Crippen LogP contribution in [-0.2, 0) is 10.0 Å². The summed E-state index contributed by atoms with van der Waals surface area (Å²) in [6.07, 6.45) is 3.01. The third kappa shape index (κ3) is 2.83. The maximum absolute atomic E-state index is 12.6. The van der Waals surface area contributed by atoms with E-state index in [0.717, 1.165) is 24.8 Å². The van der Waals surface area contributed by atoms with Crippen LogP contribution in [0.25, 0.3) is 0 Å². The van der Waals surface area contributed by atoms with Gasteiger partial charge in [-0.2, -0.15) is 0 Å². The van der Waals surface area contributed by atoms with Crippen LogP contribution in [0.4, 0.5) is 5.69 Å².